The number of ether oxygens (including phenoxy) is 1. The summed E-state index contributed by atoms with van der Waals surface area (Å²) in [7, 11) is 0. The Morgan fingerprint density at radius 3 is 3.04 bits per heavy atom. The lowest BCUT2D eigenvalue weighted by atomic mass is 9.80. The molecule has 0 radical (unpaired) electrons. The Morgan fingerprint density at radius 1 is 1.42 bits per heavy atom. The Kier molecular flexibility index (Phi) is 4.29. The molecule has 0 fully saturated rings. The number of aliphatic hydroxyl groups excluding tert-OH is 1. The van der Waals surface area contributed by atoms with E-state index in [1.807, 2.05) is 0 Å². The maximum Gasteiger partial charge on any atom is 0.263 e. The van der Waals surface area contributed by atoms with Gasteiger partial charge < -0.3 is 15.2 Å². The molecule has 0 saturated heterocycles. The van der Waals surface area contributed by atoms with E-state index in [-0.39, 0.29) is 30.7 Å². The van der Waals surface area contributed by atoms with Crippen LogP contribution < -0.4 is 10.1 Å². The highest BCUT2D eigenvalue weighted by Gasteiger charge is 2.48. The molecule has 0 saturated carbocycles. The number of carbonyl (C=O) groups excluding carboxylic acids is 1. The van der Waals surface area contributed by atoms with Crippen molar-refractivity contribution >= 4 is 29.1 Å². The second-order valence-electron chi connectivity index (χ2n) is 6.43. The Labute approximate surface area is 159 Å². The Balaban J connectivity index is 1.64. The van der Waals surface area contributed by atoms with Crippen molar-refractivity contribution in [1.29, 1.82) is 0 Å². The minimum Gasteiger partial charge on any atom is -0.491 e. The van der Waals surface area contributed by atoms with Gasteiger partial charge in [0.25, 0.3) is 5.91 Å². The highest BCUT2D eigenvalue weighted by Crippen LogP contribution is 2.44. The zero-order chi connectivity index (χ0) is 18.5. The summed E-state index contributed by atoms with van der Waals surface area (Å²) in [5.74, 6) is -0.326. The molecule has 2 aromatic rings. The van der Waals surface area contributed by atoms with Crippen LogP contribution in [0.15, 0.2) is 30.5 Å². The third kappa shape index (κ3) is 2.73. The lowest BCUT2D eigenvalue weighted by molar-refractivity contribution is -0.136. The molecule has 1 aromatic carbocycles. The fourth-order valence-electron chi connectivity index (χ4n) is 3.52. The molecule has 5 nitrogen and oxygen atoms in total. The molecule has 4 rings (SSSR count). The summed E-state index contributed by atoms with van der Waals surface area (Å²) in [6, 6.07) is 5.61. The van der Waals surface area contributed by atoms with Gasteiger partial charge in [-0.15, -0.1) is 0 Å². The molecule has 8 heteroatoms. The number of aromatic nitrogens is 1. The van der Waals surface area contributed by atoms with Crippen molar-refractivity contribution in [3.63, 3.8) is 0 Å². The molecule has 0 spiro atoms. The second kappa shape index (κ2) is 6.37. The largest absolute Gasteiger partial charge is 0.491 e. The molecule has 2 N–H and O–H groups in total. The van der Waals surface area contributed by atoms with Crippen molar-refractivity contribution < 1.29 is 19.0 Å². The standard InChI is InChI=1S/C18H15Cl2FN2O3/c19-9-6-11(20)15-12(8-26-14(15)7-9)23-17(25)18(21)4-3-13(24)16-10(18)2-1-5-22-16/h1-2,5-7,12-13,24H,3-4,8H2,(H,23,25)/t12?,13-,18-/m0/s1. The number of hydrogen-bond acceptors (Lipinski definition) is 4. The number of hydrogen-bond donors (Lipinski definition) is 2. The van der Waals surface area contributed by atoms with Gasteiger partial charge in [0.2, 0.25) is 5.67 Å². The number of nitrogens with zero attached hydrogens (tertiary/aromatic N) is 1. The van der Waals surface area contributed by atoms with Crippen LogP contribution in [0.5, 0.6) is 5.75 Å². The SMILES string of the molecule is O=C(NC1COc2cc(Cl)cc(Cl)c21)[C@]1(F)CC[C@H](O)c2ncccc21. The van der Waals surface area contributed by atoms with Crippen molar-refractivity contribution in [3.8, 4) is 5.75 Å². The van der Waals surface area contributed by atoms with E-state index in [0.29, 0.717) is 21.4 Å². The molecule has 1 unspecified atom stereocenters. The van der Waals surface area contributed by atoms with Crippen LogP contribution in [0.1, 0.15) is 41.8 Å². The summed E-state index contributed by atoms with van der Waals surface area (Å²) in [5.41, 5.74) is -1.40. The fraction of sp³-hybridized carbons (Fsp3) is 0.333. The number of rotatable bonds is 2. The van der Waals surface area contributed by atoms with E-state index in [1.165, 1.54) is 12.3 Å². The average molecular weight is 397 g/mol. The Morgan fingerprint density at radius 2 is 2.23 bits per heavy atom. The van der Waals surface area contributed by atoms with Crippen molar-refractivity contribution in [2.45, 2.75) is 30.7 Å². The summed E-state index contributed by atoms with van der Waals surface area (Å²) >= 11 is 12.2. The lowest BCUT2D eigenvalue weighted by Gasteiger charge is -2.33. The molecule has 136 valence electrons. The highest BCUT2D eigenvalue weighted by atomic mass is 35.5. The van der Waals surface area contributed by atoms with Crippen LogP contribution in [0.25, 0.3) is 0 Å². The van der Waals surface area contributed by atoms with Gasteiger partial charge in [-0.1, -0.05) is 29.3 Å². The van der Waals surface area contributed by atoms with E-state index in [0.717, 1.165) is 0 Å². The van der Waals surface area contributed by atoms with Crippen molar-refractivity contribution in [2.24, 2.45) is 0 Å². The predicted octanol–water partition coefficient (Wildman–Crippen LogP) is 3.63. The Bertz CT molecular complexity index is 895. The molecule has 2 heterocycles. The average Bonchev–Trinajstić information content (AvgIpc) is 3.01. The molecule has 3 atom stereocenters. The van der Waals surface area contributed by atoms with E-state index in [1.54, 1.807) is 18.2 Å². The topological polar surface area (TPSA) is 71.5 Å². The number of alkyl halides is 1. The molecule has 1 amide bonds. The third-order valence-electron chi connectivity index (χ3n) is 4.82. The van der Waals surface area contributed by atoms with E-state index in [9.17, 15) is 9.90 Å². The van der Waals surface area contributed by atoms with E-state index in [2.05, 4.69) is 10.3 Å². The number of halogens is 3. The number of pyridine rings is 1. The first kappa shape index (κ1) is 17.5. The summed E-state index contributed by atoms with van der Waals surface area (Å²) in [6.45, 7) is 0.139. The predicted molar refractivity (Wildman–Crippen MR) is 94.1 cm³/mol. The summed E-state index contributed by atoms with van der Waals surface area (Å²) in [6.07, 6.45) is 0.571. The Hall–Kier alpha value is -1.89. The molecule has 0 bridgehead atoms. The summed E-state index contributed by atoms with van der Waals surface area (Å²) < 4.78 is 21.2. The smallest absolute Gasteiger partial charge is 0.263 e. The van der Waals surface area contributed by atoms with Crippen molar-refractivity contribution in [3.05, 3.63) is 57.3 Å². The van der Waals surface area contributed by atoms with Gasteiger partial charge in [-0.3, -0.25) is 9.78 Å². The van der Waals surface area contributed by atoms with Gasteiger partial charge in [0.05, 0.1) is 22.9 Å². The minimum absolute atomic E-state index is 0.0950. The minimum atomic E-state index is -2.27. The molecule has 1 aromatic heterocycles. The van der Waals surface area contributed by atoms with E-state index in [4.69, 9.17) is 27.9 Å². The normalized spacial score (nSPS) is 26.6. The summed E-state index contributed by atoms with van der Waals surface area (Å²) in [5, 5.41) is 13.5. The summed E-state index contributed by atoms with van der Waals surface area (Å²) in [4.78, 5) is 16.9. The molecular weight excluding hydrogens is 382 g/mol. The number of amides is 1. The molecular formula is C18H15Cl2FN2O3. The zero-order valence-corrected chi connectivity index (χ0v) is 15.0. The van der Waals surface area contributed by atoms with Crippen LogP contribution in [0, 0.1) is 0 Å². The maximum atomic E-state index is 15.7. The van der Waals surface area contributed by atoms with Gasteiger partial charge in [-0.05, 0) is 31.0 Å². The maximum absolute atomic E-state index is 15.7. The third-order valence-corrected chi connectivity index (χ3v) is 5.35. The first-order valence-corrected chi connectivity index (χ1v) is 8.91. The molecule has 1 aliphatic heterocycles. The van der Waals surface area contributed by atoms with Crippen LogP contribution >= 0.6 is 23.2 Å². The fourth-order valence-corrected chi connectivity index (χ4v) is 4.13. The van der Waals surface area contributed by atoms with Crippen LogP contribution in [0.2, 0.25) is 10.0 Å². The van der Waals surface area contributed by atoms with Crippen molar-refractivity contribution in [2.75, 3.05) is 6.61 Å². The number of benzene rings is 1. The molecule has 2 aliphatic rings. The van der Waals surface area contributed by atoms with E-state index >= 15 is 4.39 Å². The first-order chi connectivity index (χ1) is 12.4. The number of nitrogens with one attached hydrogen (secondary N) is 1. The van der Waals surface area contributed by atoms with E-state index < -0.39 is 23.7 Å². The number of carbonyl (C=O) groups is 1. The van der Waals surface area contributed by atoms with Crippen molar-refractivity contribution in [1.82, 2.24) is 10.3 Å². The van der Waals surface area contributed by atoms with Gasteiger partial charge >= 0.3 is 0 Å². The first-order valence-electron chi connectivity index (χ1n) is 8.15. The van der Waals surface area contributed by atoms with Gasteiger partial charge in [0.1, 0.15) is 12.4 Å². The lowest BCUT2D eigenvalue weighted by Crippen LogP contribution is -2.45. The van der Waals surface area contributed by atoms with Gasteiger partial charge in [-0.25, -0.2) is 4.39 Å². The highest BCUT2D eigenvalue weighted by molar-refractivity contribution is 6.35. The van der Waals surface area contributed by atoms with Gasteiger partial charge in [-0.2, -0.15) is 0 Å². The van der Waals surface area contributed by atoms with Crippen LogP contribution in [0.4, 0.5) is 4.39 Å². The van der Waals surface area contributed by atoms with Gasteiger partial charge in [0, 0.05) is 22.3 Å². The van der Waals surface area contributed by atoms with Gasteiger partial charge in [0.15, 0.2) is 0 Å². The van der Waals surface area contributed by atoms with Crippen LogP contribution in [-0.4, -0.2) is 22.6 Å². The van der Waals surface area contributed by atoms with Crippen LogP contribution in [-0.2, 0) is 10.5 Å². The zero-order valence-electron chi connectivity index (χ0n) is 13.5. The second-order valence-corrected chi connectivity index (χ2v) is 7.27. The number of aliphatic hydroxyl groups is 1. The van der Waals surface area contributed by atoms with Crippen LogP contribution in [0.3, 0.4) is 0 Å². The monoisotopic (exact) mass is 396 g/mol. The molecule has 1 aliphatic carbocycles. The molecule has 26 heavy (non-hydrogen) atoms. The quantitative estimate of drug-likeness (QED) is 0.812. The number of fused-ring (bicyclic) bond motifs is 2.